The number of nitrogens with zero attached hydrogens (tertiary/aromatic N) is 1. The Morgan fingerprint density at radius 3 is 2.69 bits per heavy atom. The minimum Gasteiger partial charge on any atom is -0.494 e. The molecule has 136 valence electrons. The number of hydrogen-bond acceptors (Lipinski definition) is 3. The second-order valence-corrected chi connectivity index (χ2v) is 6.61. The standard InChI is InChI=1S/C21H24N2O3/c1-3-11-26-19-9-7-17(8-10-19)22-21(25)16-13-20(24)23(14-16)18-6-4-5-15(2)12-18/h4-10,12,16H,3,11,13-14H2,1-2H3,(H,22,25)/t16-/m1/s1. The van der Waals surface area contributed by atoms with Gasteiger partial charge in [0.25, 0.3) is 0 Å². The van der Waals surface area contributed by atoms with Crippen molar-refractivity contribution >= 4 is 23.2 Å². The summed E-state index contributed by atoms with van der Waals surface area (Å²) < 4.78 is 5.54. The van der Waals surface area contributed by atoms with E-state index in [0.717, 1.165) is 23.4 Å². The Hall–Kier alpha value is -2.82. The number of anilines is 2. The van der Waals surface area contributed by atoms with Gasteiger partial charge in [-0.3, -0.25) is 9.59 Å². The van der Waals surface area contributed by atoms with Crippen LogP contribution in [0.4, 0.5) is 11.4 Å². The van der Waals surface area contributed by atoms with Crippen molar-refractivity contribution in [2.75, 3.05) is 23.4 Å². The fourth-order valence-electron chi connectivity index (χ4n) is 3.03. The predicted molar refractivity (Wildman–Crippen MR) is 102 cm³/mol. The summed E-state index contributed by atoms with van der Waals surface area (Å²) in [6.07, 6.45) is 1.18. The van der Waals surface area contributed by atoms with E-state index < -0.39 is 0 Å². The van der Waals surface area contributed by atoms with Gasteiger partial charge in [-0.2, -0.15) is 0 Å². The van der Waals surface area contributed by atoms with Crippen LogP contribution in [-0.4, -0.2) is 25.0 Å². The third-order valence-electron chi connectivity index (χ3n) is 4.40. The lowest BCUT2D eigenvalue weighted by Crippen LogP contribution is -2.28. The Morgan fingerprint density at radius 1 is 1.23 bits per heavy atom. The quantitative estimate of drug-likeness (QED) is 0.861. The van der Waals surface area contributed by atoms with Gasteiger partial charge in [0.1, 0.15) is 5.75 Å². The van der Waals surface area contributed by atoms with Gasteiger partial charge in [-0.1, -0.05) is 19.1 Å². The molecule has 2 amide bonds. The molecule has 0 aromatic heterocycles. The molecule has 0 aliphatic carbocycles. The largest absolute Gasteiger partial charge is 0.494 e. The van der Waals surface area contributed by atoms with Crippen molar-refractivity contribution in [2.45, 2.75) is 26.7 Å². The van der Waals surface area contributed by atoms with Gasteiger partial charge in [-0.05, 0) is 55.3 Å². The summed E-state index contributed by atoms with van der Waals surface area (Å²) in [5, 5.41) is 2.90. The van der Waals surface area contributed by atoms with Crippen LogP contribution < -0.4 is 15.0 Å². The monoisotopic (exact) mass is 352 g/mol. The maximum Gasteiger partial charge on any atom is 0.229 e. The summed E-state index contributed by atoms with van der Waals surface area (Å²) in [4.78, 5) is 26.6. The van der Waals surface area contributed by atoms with E-state index in [0.29, 0.717) is 18.8 Å². The lowest BCUT2D eigenvalue weighted by Gasteiger charge is -2.17. The topological polar surface area (TPSA) is 58.6 Å². The summed E-state index contributed by atoms with van der Waals surface area (Å²) in [5.74, 6) is 0.292. The van der Waals surface area contributed by atoms with Crippen LogP contribution in [0, 0.1) is 12.8 Å². The first-order valence-corrected chi connectivity index (χ1v) is 8.97. The van der Waals surface area contributed by atoms with Gasteiger partial charge in [-0.25, -0.2) is 0 Å². The van der Waals surface area contributed by atoms with Crippen molar-refractivity contribution < 1.29 is 14.3 Å². The minimum atomic E-state index is -0.348. The van der Waals surface area contributed by atoms with Crippen LogP contribution in [0.1, 0.15) is 25.3 Å². The van der Waals surface area contributed by atoms with Crippen molar-refractivity contribution in [3.63, 3.8) is 0 Å². The molecule has 2 aromatic rings. The highest BCUT2D eigenvalue weighted by Crippen LogP contribution is 2.27. The van der Waals surface area contributed by atoms with E-state index in [2.05, 4.69) is 12.2 Å². The number of rotatable bonds is 6. The van der Waals surface area contributed by atoms with E-state index in [1.807, 2.05) is 55.5 Å². The van der Waals surface area contributed by atoms with Crippen molar-refractivity contribution in [3.05, 3.63) is 54.1 Å². The van der Waals surface area contributed by atoms with Crippen LogP contribution in [0.15, 0.2) is 48.5 Å². The van der Waals surface area contributed by atoms with Crippen LogP contribution in [0.5, 0.6) is 5.75 Å². The smallest absolute Gasteiger partial charge is 0.229 e. The zero-order valence-corrected chi connectivity index (χ0v) is 15.2. The van der Waals surface area contributed by atoms with Gasteiger partial charge in [-0.15, -0.1) is 0 Å². The number of hydrogen-bond donors (Lipinski definition) is 1. The normalized spacial score (nSPS) is 16.6. The van der Waals surface area contributed by atoms with Gasteiger partial charge >= 0.3 is 0 Å². The van der Waals surface area contributed by atoms with Gasteiger partial charge < -0.3 is 15.0 Å². The molecule has 5 heteroatoms. The van der Waals surface area contributed by atoms with Crippen molar-refractivity contribution in [2.24, 2.45) is 5.92 Å². The number of ether oxygens (including phenoxy) is 1. The number of carbonyl (C=O) groups excluding carboxylic acids is 2. The molecule has 3 rings (SSSR count). The SMILES string of the molecule is CCCOc1ccc(NC(=O)[C@@H]2CC(=O)N(c3cccc(C)c3)C2)cc1. The number of benzene rings is 2. The highest BCUT2D eigenvalue weighted by atomic mass is 16.5. The summed E-state index contributed by atoms with van der Waals surface area (Å²) in [6.45, 7) is 5.12. The molecule has 2 aromatic carbocycles. The van der Waals surface area contributed by atoms with Gasteiger partial charge in [0.05, 0.1) is 12.5 Å². The highest BCUT2D eigenvalue weighted by molar-refractivity contribution is 6.03. The minimum absolute atomic E-state index is 0.0148. The molecule has 1 aliphatic heterocycles. The molecular weight excluding hydrogens is 328 g/mol. The Balaban J connectivity index is 1.61. The van der Waals surface area contributed by atoms with Crippen LogP contribution in [0.25, 0.3) is 0 Å². The summed E-state index contributed by atoms with van der Waals surface area (Å²) in [5.41, 5.74) is 2.65. The van der Waals surface area contributed by atoms with E-state index in [4.69, 9.17) is 4.74 Å². The van der Waals surface area contributed by atoms with Crippen LogP contribution in [0.3, 0.4) is 0 Å². The van der Waals surface area contributed by atoms with E-state index >= 15 is 0 Å². The zero-order chi connectivity index (χ0) is 18.5. The van der Waals surface area contributed by atoms with Gasteiger partial charge in [0, 0.05) is 24.3 Å². The Labute approximate surface area is 154 Å². The summed E-state index contributed by atoms with van der Waals surface area (Å²) >= 11 is 0. The second-order valence-electron chi connectivity index (χ2n) is 6.61. The van der Waals surface area contributed by atoms with Gasteiger partial charge in [0.15, 0.2) is 0 Å². The lowest BCUT2D eigenvalue weighted by molar-refractivity contribution is -0.122. The fraction of sp³-hybridized carbons (Fsp3) is 0.333. The first-order chi connectivity index (χ1) is 12.6. The van der Waals surface area contributed by atoms with Gasteiger partial charge in [0.2, 0.25) is 11.8 Å². The van der Waals surface area contributed by atoms with E-state index in [-0.39, 0.29) is 24.2 Å². The first kappa shape index (κ1) is 18.0. The molecule has 1 aliphatic rings. The summed E-state index contributed by atoms with van der Waals surface area (Å²) in [6, 6.07) is 15.1. The molecule has 1 heterocycles. The van der Waals surface area contributed by atoms with Crippen molar-refractivity contribution in [3.8, 4) is 5.75 Å². The Bertz CT molecular complexity index is 786. The van der Waals surface area contributed by atoms with Crippen LogP contribution >= 0.6 is 0 Å². The second kappa shape index (κ2) is 8.04. The molecule has 1 fully saturated rings. The summed E-state index contributed by atoms with van der Waals surface area (Å²) in [7, 11) is 0. The number of carbonyl (C=O) groups is 2. The van der Waals surface area contributed by atoms with Crippen molar-refractivity contribution in [1.29, 1.82) is 0 Å². The molecule has 0 saturated carbocycles. The average Bonchev–Trinajstić information content (AvgIpc) is 3.03. The maximum atomic E-state index is 12.5. The van der Waals surface area contributed by atoms with E-state index in [1.165, 1.54) is 0 Å². The third kappa shape index (κ3) is 4.23. The highest BCUT2D eigenvalue weighted by Gasteiger charge is 2.35. The first-order valence-electron chi connectivity index (χ1n) is 8.97. The molecule has 5 nitrogen and oxygen atoms in total. The molecule has 1 N–H and O–H groups in total. The molecule has 0 unspecified atom stereocenters. The number of amides is 2. The van der Waals surface area contributed by atoms with Crippen LogP contribution in [0.2, 0.25) is 0 Å². The molecular formula is C21H24N2O3. The molecule has 26 heavy (non-hydrogen) atoms. The Kier molecular flexibility index (Phi) is 5.56. The predicted octanol–water partition coefficient (Wildman–Crippen LogP) is 3.78. The van der Waals surface area contributed by atoms with E-state index in [1.54, 1.807) is 4.90 Å². The molecule has 0 radical (unpaired) electrons. The average molecular weight is 352 g/mol. The van der Waals surface area contributed by atoms with Crippen LogP contribution in [-0.2, 0) is 9.59 Å². The maximum absolute atomic E-state index is 12.5. The Morgan fingerprint density at radius 2 is 2.00 bits per heavy atom. The fourth-order valence-corrected chi connectivity index (χ4v) is 3.03. The molecule has 1 atom stereocenters. The van der Waals surface area contributed by atoms with E-state index in [9.17, 15) is 9.59 Å². The van der Waals surface area contributed by atoms with Crippen molar-refractivity contribution in [1.82, 2.24) is 0 Å². The zero-order valence-electron chi connectivity index (χ0n) is 15.2. The third-order valence-corrected chi connectivity index (χ3v) is 4.40. The lowest BCUT2D eigenvalue weighted by atomic mass is 10.1. The molecule has 0 spiro atoms. The number of aryl methyl sites for hydroxylation is 1. The molecule has 0 bridgehead atoms. The molecule has 1 saturated heterocycles. The number of nitrogens with one attached hydrogen (secondary N) is 1.